The van der Waals surface area contributed by atoms with E-state index in [1.807, 2.05) is 0 Å². The molecule has 0 N–H and O–H groups in total. The smallest absolute Gasteiger partial charge is 0.137 e. The molecule has 1 aliphatic rings. The van der Waals surface area contributed by atoms with Crippen molar-refractivity contribution < 1.29 is 0 Å². The lowest BCUT2D eigenvalue weighted by Gasteiger charge is -2.25. The van der Waals surface area contributed by atoms with E-state index in [2.05, 4.69) is 53.4 Å². The van der Waals surface area contributed by atoms with Crippen LogP contribution >= 0.6 is 15.9 Å². The summed E-state index contributed by atoms with van der Waals surface area (Å²) in [6.45, 7) is 6.78. The molecular formula is C15H19BrN2. The van der Waals surface area contributed by atoms with Crippen LogP contribution in [0.5, 0.6) is 0 Å². The van der Waals surface area contributed by atoms with E-state index in [0.29, 0.717) is 0 Å². The molecule has 0 saturated carbocycles. The molecule has 0 amide bonds. The molecule has 0 fully saturated rings. The monoisotopic (exact) mass is 306 g/mol. The standard InChI is InChI=1S/C15H19BrN2/c1-9(2)11-4-5-13-14(7-11)18-8-12(16)10(3)6-15(18)17-13/h6,8-9,11H,4-5,7H2,1-3H3. The molecule has 0 aliphatic heterocycles. The highest BCUT2D eigenvalue weighted by atomic mass is 79.9. The van der Waals surface area contributed by atoms with Crippen LogP contribution in [-0.2, 0) is 12.8 Å². The molecule has 0 spiro atoms. The van der Waals surface area contributed by atoms with Gasteiger partial charge in [-0.25, -0.2) is 4.98 Å². The zero-order chi connectivity index (χ0) is 12.9. The lowest BCUT2D eigenvalue weighted by atomic mass is 9.82. The molecule has 2 aromatic rings. The Labute approximate surface area is 117 Å². The predicted molar refractivity (Wildman–Crippen MR) is 78.0 cm³/mol. The van der Waals surface area contributed by atoms with Crippen LogP contribution in [0.2, 0.25) is 0 Å². The molecule has 0 aromatic carbocycles. The molecule has 2 nitrogen and oxygen atoms in total. The van der Waals surface area contributed by atoms with Gasteiger partial charge in [0, 0.05) is 16.4 Å². The fraction of sp³-hybridized carbons (Fsp3) is 0.533. The second-order valence-corrected chi connectivity index (χ2v) is 6.64. The summed E-state index contributed by atoms with van der Waals surface area (Å²) in [5, 5.41) is 0. The highest BCUT2D eigenvalue weighted by molar-refractivity contribution is 9.10. The Morgan fingerprint density at radius 2 is 2.22 bits per heavy atom. The van der Waals surface area contributed by atoms with E-state index >= 15 is 0 Å². The van der Waals surface area contributed by atoms with Gasteiger partial charge in [-0.1, -0.05) is 13.8 Å². The Hall–Kier alpha value is -0.830. The third-order valence-corrected chi connectivity index (χ3v) is 5.07. The van der Waals surface area contributed by atoms with Gasteiger partial charge in [-0.15, -0.1) is 0 Å². The zero-order valence-corrected chi connectivity index (χ0v) is 12.8. The topological polar surface area (TPSA) is 17.3 Å². The molecule has 2 aromatic heterocycles. The maximum Gasteiger partial charge on any atom is 0.137 e. The normalized spacial score (nSPS) is 19.5. The van der Waals surface area contributed by atoms with E-state index in [1.54, 1.807) is 0 Å². The number of hydrogen-bond donors (Lipinski definition) is 0. The van der Waals surface area contributed by atoms with Gasteiger partial charge in [0.2, 0.25) is 0 Å². The Morgan fingerprint density at radius 3 is 2.94 bits per heavy atom. The molecule has 0 saturated heterocycles. The maximum absolute atomic E-state index is 4.79. The number of hydrogen-bond acceptors (Lipinski definition) is 1. The highest BCUT2D eigenvalue weighted by Gasteiger charge is 2.25. The summed E-state index contributed by atoms with van der Waals surface area (Å²) in [4.78, 5) is 4.79. The molecule has 3 heteroatoms. The van der Waals surface area contributed by atoms with Gasteiger partial charge in [-0.2, -0.15) is 0 Å². The largest absolute Gasteiger partial charge is 0.303 e. The molecule has 0 bridgehead atoms. The van der Waals surface area contributed by atoms with Crippen LogP contribution in [0.3, 0.4) is 0 Å². The predicted octanol–water partition coefficient (Wildman–Crippen LogP) is 4.17. The van der Waals surface area contributed by atoms with Crippen LogP contribution in [-0.4, -0.2) is 9.38 Å². The molecule has 1 aliphatic carbocycles. The minimum atomic E-state index is 0.762. The van der Waals surface area contributed by atoms with Gasteiger partial charge in [-0.3, -0.25) is 0 Å². The van der Waals surface area contributed by atoms with E-state index in [-0.39, 0.29) is 0 Å². The van der Waals surface area contributed by atoms with Crippen LogP contribution in [0.1, 0.15) is 37.2 Å². The molecular weight excluding hydrogens is 288 g/mol. The van der Waals surface area contributed by atoms with Crippen molar-refractivity contribution in [2.75, 3.05) is 0 Å². The fourth-order valence-electron chi connectivity index (χ4n) is 2.92. The van der Waals surface area contributed by atoms with E-state index in [1.165, 1.54) is 34.3 Å². The second-order valence-electron chi connectivity index (χ2n) is 5.78. The summed E-state index contributed by atoms with van der Waals surface area (Å²) in [5.74, 6) is 1.56. The van der Waals surface area contributed by atoms with Crippen molar-refractivity contribution in [3.63, 3.8) is 0 Å². The Balaban J connectivity index is 2.12. The molecule has 2 heterocycles. The van der Waals surface area contributed by atoms with E-state index in [4.69, 9.17) is 4.98 Å². The summed E-state index contributed by atoms with van der Waals surface area (Å²) >= 11 is 3.62. The summed E-state index contributed by atoms with van der Waals surface area (Å²) in [5.41, 5.74) is 5.09. The van der Waals surface area contributed by atoms with Gasteiger partial charge >= 0.3 is 0 Å². The molecule has 18 heavy (non-hydrogen) atoms. The van der Waals surface area contributed by atoms with Crippen LogP contribution in [0.15, 0.2) is 16.7 Å². The minimum Gasteiger partial charge on any atom is -0.303 e. The average molecular weight is 307 g/mol. The van der Waals surface area contributed by atoms with Crippen LogP contribution in [0.25, 0.3) is 5.65 Å². The third kappa shape index (κ3) is 1.89. The lowest BCUT2D eigenvalue weighted by Crippen LogP contribution is -2.19. The van der Waals surface area contributed by atoms with Crippen molar-refractivity contribution in [2.24, 2.45) is 11.8 Å². The second kappa shape index (κ2) is 4.37. The summed E-state index contributed by atoms with van der Waals surface area (Å²) < 4.78 is 3.45. The number of imidazole rings is 1. The molecule has 1 atom stereocenters. The Kier molecular flexibility index (Phi) is 2.97. The van der Waals surface area contributed by atoms with Crippen molar-refractivity contribution in [1.82, 2.24) is 9.38 Å². The number of halogens is 1. The Morgan fingerprint density at radius 1 is 1.44 bits per heavy atom. The number of aromatic nitrogens is 2. The van der Waals surface area contributed by atoms with E-state index < -0.39 is 0 Å². The van der Waals surface area contributed by atoms with Crippen molar-refractivity contribution in [3.8, 4) is 0 Å². The van der Waals surface area contributed by atoms with Crippen molar-refractivity contribution in [1.29, 1.82) is 0 Å². The van der Waals surface area contributed by atoms with Gasteiger partial charge in [0.15, 0.2) is 0 Å². The summed E-state index contributed by atoms with van der Waals surface area (Å²) in [7, 11) is 0. The number of aryl methyl sites for hydroxylation is 2. The van der Waals surface area contributed by atoms with Crippen molar-refractivity contribution in [3.05, 3.63) is 33.7 Å². The SMILES string of the molecule is Cc1cc2nc3c(n2cc1Br)CC(C(C)C)CC3. The minimum absolute atomic E-state index is 0.762. The van der Waals surface area contributed by atoms with Crippen molar-refractivity contribution in [2.45, 2.75) is 40.0 Å². The first-order valence-electron chi connectivity index (χ1n) is 6.72. The number of pyridine rings is 1. The van der Waals surface area contributed by atoms with Crippen LogP contribution < -0.4 is 0 Å². The number of rotatable bonds is 1. The third-order valence-electron chi connectivity index (χ3n) is 4.24. The van der Waals surface area contributed by atoms with Crippen LogP contribution in [0, 0.1) is 18.8 Å². The van der Waals surface area contributed by atoms with Crippen molar-refractivity contribution >= 4 is 21.6 Å². The molecule has 0 radical (unpaired) electrons. The average Bonchev–Trinajstić information content (AvgIpc) is 2.66. The van der Waals surface area contributed by atoms with Crippen LogP contribution in [0.4, 0.5) is 0 Å². The first-order chi connectivity index (χ1) is 8.56. The zero-order valence-electron chi connectivity index (χ0n) is 11.2. The number of fused-ring (bicyclic) bond motifs is 3. The van der Waals surface area contributed by atoms with Gasteiger partial charge < -0.3 is 4.40 Å². The molecule has 96 valence electrons. The fourth-order valence-corrected chi connectivity index (χ4v) is 3.23. The maximum atomic E-state index is 4.79. The Bertz CT molecular complexity index is 598. The quantitative estimate of drug-likeness (QED) is 0.773. The summed E-state index contributed by atoms with van der Waals surface area (Å²) in [6, 6.07) is 2.17. The molecule has 3 rings (SSSR count). The summed E-state index contributed by atoms with van der Waals surface area (Å²) in [6.07, 6.45) is 5.77. The van der Waals surface area contributed by atoms with E-state index in [9.17, 15) is 0 Å². The first-order valence-corrected chi connectivity index (χ1v) is 7.51. The van der Waals surface area contributed by atoms with Gasteiger partial charge in [-0.05, 0) is 65.6 Å². The van der Waals surface area contributed by atoms with Gasteiger partial charge in [0.25, 0.3) is 0 Å². The highest BCUT2D eigenvalue weighted by Crippen LogP contribution is 2.31. The first kappa shape index (κ1) is 12.2. The molecule has 1 unspecified atom stereocenters. The van der Waals surface area contributed by atoms with Gasteiger partial charge in [0.1, 0.15) is 5.65 Å². The number of nitrogens with zero attached hydrogens (tertiary/aromatic N) is 2. The lowest BCUT2D eigenvalue weighted by molar-refractivity contribution is 0.337. The van der Waals surface area contributed by atoms with Gasteiger partial charge in [0.05, 0.1) is 5.69 Å². The van der Waals surface area contributed by atoms with E-state index in [0.717, 1.165) is 23.9 Å².